The minimum absolute atomic E-state index is 0.0514. The van der Waals surface area contributed by atoms with Crippen LogP contribution in [-0.4, -0.2) is 26.0 Å². The molecule has 1 amide bonds. The van der Waals surface area contributed by atoms with Crippen LogP contribution in [0.15, 0.2) is 45.7 Å². The van der Waals surface area contributed by atoms with Gasteiger partial charge >= 0.3 is 5.69 Å². The first-order valence-corrected chi connectivity index (χ1v) is 9.03. The number of H-pyrrole nitrogens is 2. The van der Waals surface area contributed by atoms with Crippen molar-refractivity contribution >= 4 is 16.9 Å². The third kappa shape index (κ3) is 2.79. The molecule has 1 atom stereocenters. The van der Waals surface area contributed by atoms with E-state index in [2.05, 4.69) is 31.5 Å². The zero-order valence-electron chi connectivity index (χ0n) is 15.1. The zero-order valence-corrected chi connectivity index (χ0v) is 15.1. The Balaban J connectivity index is 1.38. The fourth-order valence-electron chi connectivity index (χ4n) is 3.74. The first-order valence-electron chi connectivity index (χ1n) is 9.03. The predicted molar refractivity (Wildman–Crippen MR) is 102 cm³/mol. The summed E-state index contributed by atoms with van der Waals surface area (Å²) in [5, 5.41) is 7.06. The van der Waals surface area contributed by atoms with Crippen LogP contribution in [0.5, 0.6) is 0 Å². The Morgan fingerprint density at radius 1 is 1.18 bits per heavy atom. The van der Waals surface area contributed by atoms with Gasteiger partial charge in [-0.15, -0.1) is 0 Å². The molecule has 0 spiro atoms. The minimum atomic E-state index is -0.287. The average molecular weight is 375 g/mol. The van der Waals surface area contributed by atoms with Gasteiger partial charge < -0.3 is 19.8 Å². The van der Waals surface area contributed by atoms with E-state index in [0.717, 1.165) is 24.0 Å². The van der Waals surface area contributed by atoms with Crippen LogP contribution in [0.25, 0.3) is 22.4 Å². The van der Waals surface area contributed by atoms with Crippen LogP contribution in [-0.2, 0) is 6.42 Å². The van der Waals surface area contributed by atoms with Gasteiger partial charge in [-0.1, -0.05) is 17.3 Å². The van der Waals surface area contributed by atoms with Crippen LogP contribution in [0.3, 0.4) is 0 Å². The highest BCUT2D eigenvalue weighted by Gasteiger charge is 2.25. The van der Waals surface area contributed by atoms with Crippen LogP contribution in [0.2, 0.25) is 0 Å². The van der Waals surface area contributed by atoms with Crippen molar-refractivity contribution in [3.8, 4) is 11.4 Å². The Hall–Kier alpha value is -3.68. The number of fused-ring (bicyclic) bond motifs is 2. The Kier molecular flexibility index (Phi) is 3.65. The van der Waals surface area contributed by atoms with E-state index in [4.69, 9.17) is 4.52 Å². The van der Waals surface area contributed by atoms with Crippen LogP contribution in [0, 0.1) is 6.92 Å². The second-order valence-electron chi connectivity index (χ2n) is 6.95. The maximum atomic E-state index is 12.7. The van der Waals surface area contributed by atoms with Gasteiger partial charge in [0.05, 0.1) is 17.1 Å². The summed E-state index contributed by atoms with van der Waals surface area (Å²) in [4.78, 5) is 33.7. The zero-order chi connectivity index (χ0) is 19.3. The number of hydrogen-bond donors (Lipinski definition) is 3. The van der Waals surface area contributed by atoms with E-state index < -0.39 is 0 Å². The number of aromatic nitrogens is 4. The lowest BCUT2D eigenvalue weighted by Crippen LogP contribution is -2.27. The summed E-state index contributed by atoms with van der Waals surface area (Å²) in [7, 11) is 0. The van der Waals surface area contributed by atoms with Crippen LogP contribution >= 0.6 is 0 Å². The van der Waals surface area contributed by atoms with Gasteiger partial charge in [0.15, 0.2) is 0 Å². The third-order valence-electron chi connectivity index (χ3n) is 5.09. The summed E-state index contributed by atoms with van der Waals surface area (Å²) in [6.45, 7) is 1.76. The Morgan fingerprint density at radius 2 is 2.04 bits per heavy atom. The molecule has 1 aliphatic carbocycles. The molecular weight excluding hydrogens is 358 g/mol. The summed E-state index contributed by atoms with van der Waals surface area (Å²) >= 11 is 0. The Labute approximate surface area is 159 Å². The molecule has 3 N–H and O–H groups in total. The second-order valence-corrected chi connectivity index (χ2v) is 6.95. The highest BCUT2D eigenvalue weighted by molar-refractivity contribution is 5.97. The van der Waals surface area contributed by atoms with Gasteiger partial charge in [0.25, 0.3) is 5.91 Å². The molecule has 1 aliphatic rings. The van der Waals surface area contributed by atoms with Gasteiger partial charge in [0.2, 0.25) is 11.7 Å². The lowest BCUT2D eigenvalue weighted by atomic mass is 10.0. The Bertz CT molecular complexity index is 1270. The van der Waals surface area contributed by atoms with Crippen molar-refractivity contribution in [2.45, 2.75) is 25.8 Å². The molecule has 5 rings (SSSR count). The van der Waals surface area contributed by atoms with E-state index in [0.29, 0.717) is 28.3 Å². The predicted octanol–water partition coefficient (Wildman–Crippen LogP) is 2.63. The number of imidazole rings is 1. The van der Waals surface area contributed by atoms with Gasteiger partial charge in [-0.05, 0) is 48.2 Å². The highest BCUT2D eigenvalue weighted by Crippen LogP contribution is 2.34. The smallest absolute Gasteiger partial charge is 0.323 e. The number of benzene rings is 2. The van der Waals surface area contributed by atoms with Crippen LogP contribution < -0.4 is 11.0 Å². The maximum absolute atomic E-state index is 12.7. The van der Waals surface area contributed by atoms with Crippen LogP contribution in [0.1, 0.15) is 39.8 Å². The molecule has 8 heteroatoms. The molecule has 1 unspecified atom stereocenters. The normalized spacial score (nSPS) is 15.7. The molecule has 0 saturated heterocycles. The van der Waals surface area contributed by atoms with E-state index in [1.54, 1.807) is 25.1 Å². The number of rotatable bonds is 3. The summed E-state index contributed by atoms with van der Waals surface area (Å²) in [6, 6.07) is 11.1. The highest BCUT2D eigenvalue weighted by atomic mass is 16.5. The first-order chi connectivity index (χ1) is 13.6. The number of amides is 1. The largest absolute Gasteiger partial charge is 0.345 e. The minimum Gasteiger partial charge on any atom is -0.345 e. The van der Waals surface area contributed by atoms with Gasteiger partial charge in [0, 0.05) is 18.1 Å². The number of carbonyl (C=O) groups excluding carboxylic acids is 1. The molecule has 2 aromatic heterocycles. The molecule has 140 valence electrons. The van der Waals surface area contributed by atoms with E-state index in [1.807, 2.05) is 12.1 Å². The molecule has 0 radical (unpaired) electrons. The number of hydrogen-bond acceptors (Lipinski definition) is 5. The first kappa shape index (κ1) is 16.5. The van der Waals surface area contributed by atoms with Crippen molar-refractivity contribution in [1.29, 1.82) is 0 Å². The van der Waals surface area contributed by atoms with E-state index in [-0.39, 0.29) is 17.6 Å². The van der Waals surface area contributed by atoms with Crippen molar-refractivity contribution in [3.05, 3.63) is 69.5 Å². The fourth-order valence-corrected chi connectivity index (χ4v) is 3.74. The van der Waals surface area contributed by atoms with Gasteiger partial charge in [-0.2, -0.15) is 4.98 Å². The van der Waals surface area contributed by atoms with E-state index in [9.17, 15) is 9.59 Å². The molecule has 0 aliphatic heterocycles. The van der Waals surface area contributed by atoms with Crippen molar-refractivity contribution < 1.29 is 9.32 Å². The number of aryl methyl sites for hydroxylation is 2. The van der Waals surface area contributed by atoms with Gasteiger partial charge in [-0.25, -0.2) is 4.79 Å². The quantitative estimate of drug-likeness (QED) is 0.509. The molecular formula is C20H17N5O3. The molecule has 2 aromatic carbocycles. The summed E-state index contributed by atoms with van der Waals surface area (Å²) in [6.07, 6.45) is 1.70. The van der Waals surface area contributed by atoms with Gasteiger partial charge in [-0.3, -0.25) is 4.79 Å². The molecule has 28 heavy (non-hydrogen) atoms. The SMILES string of the molecule is Cc1nc(-c2ccc3c(c2)CCC3NC(=O)c2ccc3[nH]c(=O)[nH]c3c2)no1. The standard InChI is InChI=1S/C20H17N5O3/c1-10-21-18(25-28-10)12-2-5-14-11(8-12)3-6-15(14)22-19(26)13-4-7-16-17(9-13)24-20(27)23-16/h2,4-5,7-9,15H,3,6H2,1H3,(H,22,26)(H2,23,24,27). The summed E-state index contributed by atoms with van der Waals surface area (Å²) in [5.74, 6) is 0.933. The number of nitrogens with one attached hydrogen (secondary N) is 3. The Morgan fingerprint density at radius 3 is 2.86 bits per heavy atom. The van der Waals surface area contributed by atoms with Gasteiger partial charge in [0.1, 0.15) is 0 Å². The van der Waals surface area contributed by atoms with Crippen LogP contribution in [0.4, 0.5) is 0 Å². The summed E-state index contributed by atoms with van der Waals surface area (Å²) in [5.41, 5.74) is 4.70. The molecule has 8 nitrogen and oxygen atoms in total. The topological polar surface area (TPSA) is 117 Å². The molecule has 0 bridgehead atoms. The fraction of sp³-hybridized carbons (Fsp3) is 0.200. The van der Waals surface area contributed by atoms with Crippen molar-refractivity contribution in [1.82, 2.24) is 25.4 Å². The lowest BCUT2D eigenvalue weighted by Gasteiger charge is -2.14. The van der Waals surface area contributed by atoms with Crippen molar-refractivity contribution in [2.24, 2.45) is 0 Å². The average Bonchev–Trinajstić information content (AvgIpc) is 3.38. The van der Waals surface area contributed by atoms with E-state index in [1.165, 1.54) is 5.56 Å². The monoisotopic (exact) mass is 375 g/mol. The van der Waals surface area contributed by atoms with E-state index >= 15 is 0 Å². The molecule has 0 saturated carbocycles. The summed E-state index contributed by atoms with van der Waals surface area (Å²) < 4.78 is 5.05. The van der Waals surface area contributed by atoms with Crippen molar-refractivity contribution in [3.63, 3.8) is 0 Å². The molecule has 4 aromatic rings. The lowest BCUT2D eigenvalue weighted by molar-refractivity contribution is 0.0937. The second kappa shape index (κ2) is 6.19. The molecule has 2 heterocycles. The van der Waals surface area contributed by atoms with Crippen molar-refractivity contribution in [2.75, 3.05) is 0 Å². The number of carbonyl (C=O) groups is 1. The number of aromatic amines is 2. The molecule has 0 fully saturated rings. The third-order valence-corrected chi connectivity index (χ3v) is 5.09. The number of nitrogens with zero attached hydrogens (tertiary/aromatic N) is 2. The maximum Gasteiger partial charge on any atom is 0.323 e.